The molecule has 0 saturated carbocycles. The summed E-state index contributed by atoms with van der Waals surface area (Å²) in [5, 5.41) is 3.22. The number of anilines is 2. The molecule has 1 N–H and O–H groups in total. The van der Waals surface area contributed by atoms with Crippen LogP contribution in [0.2, 0.25) is 0 Å². The Balaban J connectivity index is 2.31. The largest absolute Gasteiger partial charge is 0.490 e. The number of rotatable bonds is 5. The van der Waals surface area contributed by atoms with Crippen molar-refractivity contribution >= 4 is 23.1 Å². The van der Waals surface area contributed by atoms with Gasteiger partial charge in [-0.05, 0) is 37.6 Å². The van der Waals surface area contributed by atoms with E-state index < -0.39 is 0 Å². The number of pyridine rings is 1. The van der Waals surface area contributed by atoms with Gasteiger partial charge in [-0.1, -0.05) is 18.2 Å². The molecule has 0 amide bonds. The number of benzene rings is 1. The van der Waals surface area contributed by atoms with Crippen LogP contribution in [0.1, 0.15) is 24.8 Å². The normalized spacial score (nSPS) is 11.9. The molecule has 1 atom stereocenters. The summed E-state index contributed by atoms with van der Waals surface area (Å²) in [6.45, 7) is 4.50. The first-order valence-corrected chi connectivity index (χ1v) is 6.74. The van der Waals surface area contributed by atoms with Crippen molar-refractivity contribution in [2.45, 2.75) is 19.2 Å². The summed E-state index contributed by atoms with van der Waals surface area (Å²) in [6, 6.07) is 11.7. The smallest absolute Gasteiger partial charge is 0.173 e. The summed E-state index contributed by atoms with van der Waals surface area (Å²) >= 11 is 6.18. The lowest BCUT2D eigenvalue weighted by Crippen LogP contribution is -2.02. The Morgan fingerprint density at radius 2 is 2.05 bits per heavy atom. The number of alkyl halides is 1. The molecule has 1 heterocycles. The molecule has 0 saturated heterocycles. The lowest BCUT2D eigenvalue weighted by atomic mass is 10.1. The van der Waals surface area contributed by atoms with Crippen molar-refractivity contribution in [3.8, 4) is 5.75 Å². The number of ether oxygens (including phenoxy) is 1. The molecule has 0 aliphatic rings. The first-order chi connectivity index (χ1) is 9.22. The average molecular weight is 277 g/mol. The molecule has 0 fully saturated rings. The standard InChI is InChI=1S/C15H17ClN2O/c1-3-19-14-9-6-10-17-15(14)18-13-8-5-4-7-12(13)11(2)16/h4-11H,3H2,1-2H3,(H,17,18). The van der Waals surface area contributed by atoms with Crippen LogP contribution in [-0.2, 0) is 0 Å². The van der Waals surface area contributed by atoms with Crippen molar-refractivity contribution in [1.82, 2.24) is 4.98 Å². The molecule has 19 heavy (non-hydrogen) atoms. The molecular weight excluding hydrogens is 260 g/mol. The lowest BCUT2D eigenvalue weighted by Gasteiger charge is -2.15. The Morgan fingerprint density at radius 1 is 1.26 bits per heavy atom. The van der Waals surface area contributed by atoms with Gasteiger partial charge in [0.1, 0.15) is 0 Å². The summed E-state index contributed by atoms with van der Waals surface area (Å²) in [5.74, 6) is 1.44. The summed E-state index contributed by atoms with van der Waals surface area (Å²) in [5.41, 5.74) is 1.99. The van der Waals surface area contributed by atoms with Gasteiger partial charge in [-0.25, -0.2) is 4.98 Å². The van der Waals surface area contributed by atoms with Crippen LogP contribution < -0.4 is 10.1 Å². The van der Waals surface area contributed by atoms with Gasteiger partial charge in [0.2, 0.25) is 0 Å². The highest BCUT2D eigenvalue weighted by Crippen LogP contribution is 2.31. The SMILES string of the molecule is CCOc1cccnc1Nc1ccccc1C(C)Cl. The van der Waals surface area contributed by atoms with E-state index in [1.807, 2.05) is 50.2 Å². The lowest BCUT2D eigenvalue weighted by molar-refractivity contribution is 0.341. The molecule has 0 aliphatic carbocycles. The molecule has 1 unspecified atom stereocenters. The second kappa shape index (κ2) is 6.43. The second-order valence-corrected chi connectivity index (χ2v) is 4.77. The molecule has 4 heteroatoms. The van der Waals surface area contributed by atoms with E-state index in [1.54, 1.807) is 6.20 Å². The van der Waals surface area contributed by atoms with Crippen LogP contribution in [0.4, 0.5) is 11.5 Å². The fraction of sp³-hybridized carbons (Fsp3) is 0.267. The summed E-state index contributed by atoms with van der Waals surface area (Å²) in [6.07, 6.45) is 1.73. The van der Waals surface area contributed by atoms with E-state index in [2.05, 4.69) is 10.3 Å². The number of nitrogens with one attached hydrogen (secondary N) is 1. The zero-order valence-electron chi connectivity index (χ0n) is 11.1. The van der Waals surface area contributed by atoms with Gasteiger partial charge in [-0.2, -0.15) is 0 Å². The second-order valence-electron chi connectivity index (χ2n) is 4.11. The maximum Gasteiger partial charge on any atom is 0.173 e. The predicted molar refractivity (Wildman–Crippen MR) is 79.4 cm³/mol. The number of hydrogen-bond acceptors (Lipinski definition) is 3. The van der Waals surface area contributed by atoms with Crippen LogP contribution in [0, 0.1) is 0 Å². The molecular formula is C15H17ClN2O. The minimum absolute atomic E-state index is 0.0667. The third-order valence-electron chi connectivity index (χ3n) is 2.71. The van der Waals surface area contributed by atoms with Gasteiger partial charge in [0.25, 0.3) is 0 Å². The molecule has 100 valence electrons. The Morgan fingerprint density at radius 3 is 2.79 bits per heavy atom. The fourth-order valence-electron chi connectivity index (χ4n) is 1.84. The van der Waals surface area contributed by atoms with E-state index in [-0.39, 0.29) is 5.38 Å². The van der Waals surface area contributed by atoms with Crippen LogP contribution in [0.3, 0.4) is 0 Å². The number of halogens is 1. The van der Waals surface area contributed by atoms with Crippen molar-refractivity contribution in [1.29, 1.82) is 0 Å². The van der Waals surface area contributed by atoms with Crippen LogP contribution in [-0.4, -0.2) is 11.6 Å². The van der Waals surface area contributed by atoms with Crippen molar-refractivity contribution in [3.05, 3.63) is 48.2 Å². The zero-order valence-corrected chi connectivity index (χ0v) is 11.8. The van der Waals surface area contributed by atoms with Gasteiger partial charge in [0, 0.05) is 11.9 Å². The number of para-hydroxylation sites is 1. The van der Waals surface area contributed by atoms with Crippen molar-refractivity contribution in [3.63, 3.8) is 0 Å². The minimum Gasteiger partial charge on any atom is -0.490 e. The van der Waals surface area contributed by atoms with Gasteiger partial charge < -0.3 is 10.1 Å². The Kier molecular flexibility index (Phi) is 4.63. The van der Waals surface area contributed by atoms with Crippen molar-refractivity contribution in [2.75, 3.05) is 11.9 Å². The van der Waals surface area contributed by atoms with E-state index in [0.717, 1.165) is 17.0 Å². The van der Waals surface area contributed by atoms with Gasteiger partial charge in [0.05, 0.1) is 12.0 Å². The maximum atomic E-state index is 6.18. The van der Waals surface area contributed by atoms with Crippen LogP contribution in [0.15, 0.2) is 42.6 Å². The molecule has 0 spiro atoms. The number of nitrogens with zero attached hydrogens (tertiary/aromatic N) is 1. The third kappa shape index (κ3) is 3.38. The first kappa shape index (κ1) is 13.7. The monoisotopic (exact) mass is 276 g/mol. The molecule has 0 radical (unpaired) electrons. The van der Waals surface area contributed by atoms with E-state index in [0.29, 0.717) is 12.4 Å². The predicted octanol–water partition coefficient (Wildman–Crippen LogP) is 4.52. The number of hydrogen-bond donors (Lipinski definition) is 1. The number of aromatic nitrogens is 1. The van der Waals surface area contributed by atoms with Crippen molar-refractivity contribution in [2.24, 2.45) is 0 Å². The molecule has 0 bridgehead atoms. The maximum absolute atomic E-state index is 6.18. The van der Waals surface area contributed by atoms with Crippen molar-refractivity contribution < 1.29 is 4.74 Å². The Bertz CT molecular complexity index is 543. The molecule has 0 aliphatic heterocycles. The topological polar surface area (TPSA) is 34.1 Å². The van der Waals surface area contributed by atoms with E-state index in [4.69, 9.17) is 16.3 Å². The average Bonchev–Trinajstić information content (AvgIpc) is 2.42. The quantitative estimate of drug-likeness (QED) is 0.815. The highest BCUT2D eigenvalue weighted by molar-refractivity contribution is 6.21. The Labute approximate surface area is 118 Å². The van der Waals surface area contributed by atoms with Gasteiger partial charge >= 0.3 is 0 Å². The molecule has 2 rings (SSSR count). The first-order valence-electron chi connectivity index (χ1n) is 6.30. The fourth-order valence-corrected chi connectivity index (χ4v) is 2.03. The van der Waals surface area contributed by atoms with Crippen LogP contribution >= 0.6 is 11.6 Å². The molecule has 3 nitrogen and oxygen atoms in total. The minimum atomic E-state index is -0.0667. The molecule has 1 aromatic heterocycles. The zero-order chi connectivity index (χ0) is 13.7. The third-order valence-corrected chi connectivity index (χ3v) is 2.95. The summed E-state index contributed by atoms with van der Waals surface area (Å²) in [7, 11) is 0. The van der Waals surface area contributed by atoms with Crippen LogP contribution in [0.5, 0.6) is 5.75 Å². The van der Waals surface area contributed by atoms with Crippen LogP contribution in [0.25, 0.3) is 0 Å². The highest BCUT2D eigenvalue weighted by Gasteiger charge is 2.10. The van der Waals surface area contributed by atoms with E-state index in [9.17, 15) is 0 Å². The molecule has 1 aromatic carbocycles. The summed E-state index contributed by atoms with van der Waals surface area (Å²) in [4.78, 5) is 4.31. The molecule has 2 aromatic rings. The van der Waals surface area contributed by atoms with Gasteiger partial charge in [-0.3, -0.25) is 0 Å². The van der Waals surface area contributed by atoms with Gasteiger partial charge in [-0.15, -0.1) is 11.6 Å². The van der Waals surface area contributed by atoms with E-state index >= 15 is 0 Å². The highest BCUT2D eigenvalue weighted by atomic mass is 35.5. The van der Waals surface area contributed by atoms with Gasteiger partial charge in [0.15, 0.2) is 11.6 Å². The summed E-state index contributed by atoms with van der Waals surface area (Å²) < 4.78 is 5.55. The van der Waals surface area contributed by atoms with E-state index in [1.165, 1.54) is 0 Å². The Hall–Kier alpha value is -1.74.